The van der Waals surface area contributed by atoms with E-state index in [1.54, 1.807) is 0 Å². The lowest BCUT2D eigenvalue weighted by Gasteiger charge is -2.29. The van der Waals surface area contributed by atoms with Crippen LogP contribution in [-0.4, -0.2) is 45.8 Å². The van der Waals surface area contributed by atoms with Gasteiger partial charge in [0.15, 0.2) is 0 Å². The first kappa shape index (κ1) is 16.6. The Morgan fingerprint density at radius 2 is 1.92 bits per heavy atom. The molecule has 1 aliphatic carbocycles. The monoisotopic (exact) mass is 340 g/mol. The average Bonchev–Trinajstić information content (AvgIpc) is 2.99. The van der Waals surface area contributed by atoms with E-state index in [0.717, 1.165) is 36.0 Å². The second-order valence-electron chi connectivity index (χ2n) is 8.33. The van der Waals surface area contributed by atoms with Crippen molar-refractivity contribution in [2.75, 3.05) is 19.6 Å². The van der Waals surface area contributed by atoms with Gasteiger partial charge < -0.3 is 10.2 Å². The largest absolute Gasteiger partial charge is 0.349 e. The Morgan fingerprint density at radius 3 is 2.60 bits per heavy atom. The molecule has 5 heteroatoms. The van der Waals surface area contributed by atoms with Crippen molar-refractivity contribution in [2.24, 2.45) is 7.05 Å². The Balaban J connectivity index is 1.56. The highest BCUT2D eigenvalue weighted by Crippen LogP contribution is 2.39. The van der Waals surface area contributed by atoms with Crippen LogP contribution in [0.4, 0.5) is 0 Å². The van der Waals surface area contributed by atoms with Crippen LogP contribution in [0.25, 0.3) is 10.9 Å². The summed E-state index contributed by atoms with van der Waals surface area (Å²) in [6.45, 7) is 7.32. The van der Waals surface area contributed by atoms with Crippen LogP contribution in [0.3, 0.4) is 0 Å². The molecule has 0 radical (unpaired) electrons. The van der Waals surface area contributed by atoms with E-state index in [1.165, 1.54) is 25.9 Å². The highest BCUT2D eigenvalue weighted by molar-refractivity contribution is 5.94. The molecule has 5 nitrogen and oxygen atoms in total. The number of amides is 1. The van der Waals surface area contributed by atoms with Crippen molar-refractivity contribution in [2.45, 2.75) is 50.5 Å². The van der Waals surface area contributed by atoms with Gasteiger partial charge in [0.25, 0.3) is 0 Å². The first-order chi connectivity index (χ1) is 11.9. The Hall–Kier alpha value is -1.88. The van der Waals surface area contributed by atoms with Gasteiger partial charge in [-0.2, -0.15) is 5.10 Å². The smallest absolute Gasteiger partial charge is 0.232 e. The maximum atomic E-state index is 13.2. The average molecular weight is 340 g/mol. The van der Waals surface area contributed by atoms with Crippen LogP contribution >= 0.6 is 0 Å². The highest BCUT2D eigenvalue weighted by Gasteiger charge is 2.48. The van der Waals surface area contributed by atoms with E-state index in [-0.39, 0.29) is 11.4 Å². The molecule has 1 aromatic carbocycles. The van der Waals surface area contributed by atoms with Gasteiger partial charge in [-0.1, -0.05) is 18.2 Å². The second kappa shape index (κ2) is 5.84. The first-order valence-corrected chi connectivity index (χ1v) is 9.39. The number of aryl methyl sites for hydroxylation is 1. The molecule has 1 N–H and O–H groups in total. The number of carbonyl (C=O) groups is 1. The number of rotatable bonds is 5. The van der Waals surface area contributed by atoms with Gasteiger partial charge in [0.1, 0.15) is 0 Å². The summed E-state index contributed by atoms with van der Waals surface area (Å²) in [5.41, 5.74) is 1.27. The number of nitrogens with one attached hydrogen (secondary N) is 1. The van der Waals surface area contributed by atoms with Crippen LogP contribution in [0.15, 0.2) is 24.3 Å². The van der Waals surface area contributed by atoms with Crippen LogP contribution in [0, 0.1) is 0 Å². The number of benzene rings is 1. The molecule has 0 bridgehead atoms. The maximum Gasteiger partial charge on any atom is 0.232 e. The number of hydrogen-bond acceptors (Lipinski definition) is 3. The lowest BCUT2D eigenvalue weighted by molar-refractivity contribution is -0.126. The lowest BCUT2D eigenvalue weighted by atomic mass is 9.86. The summed E-state index contributed by atoms with van der Waals surface area (Å²) >= 11 is 0. The fourth-order valence-electron chi connectivity index (χ4n) is 4.02. The van der Waals surface area contributed by atoms with Crippen molar-refractivity contribution in [3.05, 3.63) is 30.0 Å². The Bertz CT molecular complexity index is 797. The number of nitrogens with zero attached hydrogens (tertiary/aromatic N) is 3. The summed E-state index contributed by atoms with van der Waals surface area (Å²) in [4.78, 5) is 15.7. The number of para-hydroxylation sites is 1. The lowest BCUT2D eigenvalue weighted by Crippen LogP contribution is -2.51. The minimum absolute atomic E-state index is 0.0106. The SMILES string of the molecule is Cn1nc(C(C)(C)C(=O)NC2(CN3CCCC3)CC2)c2ccccc21. The summed E-state index contributed by atoms with van der Waals surface area (Å²) in [6, 6.07) is 8.13. The van der Waals surface area contributed by atoms with E-state index in [4.69, 9.17) is 0 Å². The van der Waals surface area contributed by atoms with Crippen molar-refractivity contribution in [1.29, 1.82) is 0 Å². The van der Waals surface area contributed by atoms with Gasteiger partial charge in [0.2, 0.25) is 5.91 Å². The first-order valence-electron chi connectivity index (χ1n) is 9.39. The van der Waals surface area contributed by atoms with Gasteiger partial charge in [-0.05, 0) is 58.7 Å². The number of carbonyl (C=O) groups excluding carboxylic acids is 1. The molecule has 0 atom stereocenters. The normalized spacial score (nSPS) is 20.1. The summed E-state index contributed by atoms with van der Waals surface area (Å²) in [6.07, 6.45) is 4.76. The summed E-state index contributed by atoms with van der Waals surface area (Å²) in [5, 5.41) is 9.12. The van der Waals surface area contributed by atoms with Crippen molar-refractivity contribution < 1.29 is 4.79 Å². The van der Waals surface area contributed by atoms with Gasteiger partial charge in [0, 0.05) is 19.0 Å². The fraction of sp³-hybridized carbons (Fsp3) is 0.600. The zero-order chi connectivity index (χ0) is 17.7. The third-order valence-electron chi connectivity index (χ3n) is 5.87. The molecule has 2 heterocycles. The molecule has 0 spiro atoms. The van der Waals surface area contributed by atoms with Gasteiger partial charge in [-0.15, -0.1) is 0 Å². The third-order valence-corrected chi connectivity index (χ3v) is 5.87. The molecule has 134 valence electrons. The fourth-order valence-corrected chi connectivity index (χ4v) is 4.02. The molecule has 2 aromatic rings. The number of likely N-dealkylation sites (tertiary alicyclic amines) is 1. The zero-order valence-electron chi connectivity index (χ0n) is 15.5. The molecule has 0 unspecified atom stereocenters. The Labute approximate surface area is 149 Å². The predicted octanol–water partition coefficient (Wildman–Crippen LogP) is 2.60. The van der Waals surface area contributed by atoms with Crippen molar-refractivity contribution in [1.82, 2.24) is 20.0 Å². The molecule has 1 saturated heterocycles. The molecular formula is C20H28N4O. The molecular weight excluding hydrogens is 312 g/mol. The molecule has 1 aromatic heterocycles. The van der Waals surface area contributed by atoms with Gasteiger partial charge in [-0.3, -0.25) is 9.48 Å². The molecule has 2 aliphatic rings. The maximum absolute atomic E-state index is 13.2. The summed E-state index contributed by atoms with van der Waals surface area (Å²) < 4.78 is 1.87. The van der Waals surface area contributed by atoms with Crippen molar-refractivity contribution in [3.8, 4) is 0 Å². The molecule has 1 saturated carbocycles. The van der Waals surface area contributed by atoms with E-state index >= 15 is 0 Å². The van der Waals surface area contributed by atoms with Crippen LogP contribution in [0.5, 0.6) is 0 Å². The van der Waals surface area contributed by atoms with E-state index < -0.39 is 5.41 Å². The molecule has 1 amide bonds. The number of aromatic nitrogens is 2. The number of hydrogen-bond donors (Lipinski definition) is 1. The third kappa shape index (κ3) is 2.95. The van der Waals surface area contributed by atoms with Gasteiger partial charge in [-0.25, -0.2) is 0 Å². The van der Waals surface area contributed by atoms with Crippen LogP contribution in [-0.2, 0) is 17.3 Å². The van der Waals surface area contributed by atoms with Crippen LogP contribution < -0.4 is 5.32 Å². The topological polar surface area (TPSA) is 50.2 Å². The highest BCUT2D eigenvalue weighted by atomic mass is 16.2. The summed E-state index contributed by atoms with van der Waals surface area (Å²) in [7, 11) is 1.94. The Kier molecular flexibility index (Phi) is 3.87. The molecule has 2 fully saturated rings. The minimum Gasteiger partial charge on any atom is -0.349 e. The zero-order valence-corrected chi connectivity index (χ0v) is 15.5. The van der Waals surface area contributed by atoms with Gasteiger partial charge >= 0.3 is 0 Å². The van der Waals surface area contributed by atoms with E-state index in [2.05, 4.69) is 27.4 Å². The van der Waals surface area contributed by atoms with E-state index in [9.17, 15) is 4.79 Å². The Morgan fingerprint density at radius 1 is 1.24 bits per heavy atom. The molecule has 25 heavy (non-hydrogen) atoms. The second-order valence-corrected chi connectivity index (χ2v) is 8.33. The molecule has 1 aliphatic heterocycles. The van der Waals surface area contributed by atoms with E-state index in [0.29, 0.717) is 0 Å². The number of fused-ring (bicyclic) bond motifs is 1. The van der Waals surface area contributed by atoms with E-state index in [1.807, 2.05) is 37.7 Å². The van der Waals surface area contributed by atoms with Crippen molar-refractivity contribution in [3.63, 3.8) is 0 Å². The standard InChI is InChI=1S/C20H28N4O/c1-19(2,17-15-8-4-5-9-16(15)23(3)22-17)18(25)21-20(10-11-20)14-24-12-6-7-13-24/h4-5,8-9H,6-7,10-14H2,1-3H3,(H,21,25). The van der Waals surface area contributed by atoms with Gasteiger partial charge in [0.05, 0.1) is 22.2 Å². The van der Waals surface area contributed by atoms with Crippen molar-refractivity contribution >= 4 is 16.8 Å². The quantitative estimate of drug-likeness (QED) is 0.910. The molecule has 4 rings (SSSR count). The minimum atomic E-state index is -0.651. The summed E-state index contributed by atoms with van der Waals surface area (Å²) in [5.74, 6) is 0.0908. The predicted molar refractivity (Wildman–Crippen MR) is 99.5 cm³/mol. The van der Waals surface area contributed by atoms with Crippen LogP contribution in [0.1, 0.15) is 45.2 Å². The van der Waals surface area contributed by atoms with Crippen LogP contribution in [0.2, 0.25) is 0 Å².